The van der Waals surface area contributed by atoms with Crippen molar-refractivity contribution in [1.82, 2.24) is 4.90 Å². The van der Waals surface area contributed by atoms with Crippen molar-refractivity contribution >= 4 is 12.1 Å². The van der Waals surface area contributed by atoms with Gasteiger partial charge in [-0.25, -0.2) is 9.59 Å². The molecule has 0 aromatic carbocycles. The molecule has 0 aromatic heterocycles. The molecular weight excluding hydrogens is 162 g/mol. The summed E-state index contributed by atoms with van der Waals surface area (Å²) in [6.07, 6.45) is -1.23. The van der Waals surface area contributed by atoms with E-state index in [4.69, 9.17) is 10.2 Å². The number of rotatable bonds is 3. The Morgan fingerprint density at radius 2 is 1.67 bits per heavy atom. The first-order chi connectivity index (χ1) is 5.37. The van der Waals surface area contributed by atoms with Gasteiger partial charge in [0.1, 0.15) is 6.04 Å². The standard InChI is InChI=1S/C7H13NO4/c1-4(2)5(6(9)10)8(3)7(11)12/h4-5H,1-3H3,(H,9,10)(H,11,12)/t5-/m0/s1. The minimum atomic E-state index is -1.23. The molecule has 0 aliphatic heterocycles. The fourth-order valence-electron chi connectivity index (χ4n) is 1.02. The Kier molecular flexibility index (Phi) is 3.53. The van der Waals surface area contributed by atoms with Crippen LogP contribution in [-0.4, -0.2) is 40.3 Å². The van der Waals surface area contributed by atoms with Crippen molar-refractivity contribution in [3.63, 3.8) is 0 Å². The van der Waals surface area contributed by atoms with Gasteiger partial charge in [0.15, 0.2) is 0 Å². The number of hydrogen-bond acceptors (Lipinski definition) is 2. The lowest BCUT2D eigenvalue weighted by Gasteiger charge is -2.24. The molecule has 70 valence electrons. The highest BCUT2D eigenvalue weighted by molar-refractivity contribution is 5.79. The second-order valence-electron chi connectivity index (χ2n) is 2.92. The van der Waals surface area contributed by atoms with Crippen molar-refractivity contribution in [1.29, 1.82) is 0 Å². The van der Waals surface area contributed by atoms with Gasteiger partial charge in [-0.05, 0) is 5.92 Å². The molecule has 0 bridgehead atoms. The maximum absolute atomic E-state index is 10.6. The predicted molar refractivity (Wildman–Crippen MR) is 42.0 cm³/mol. The SMILES string of the molecule is CC(C)[C@@H](C(=O)O)N(C)C(=O)O. The normalized spacial score (nSPS) is 12.7. The third-order valence-corrected chi connectivity index (χ3v) is 1.60. The number of carboxylic acid groups (broad SMARTS) is 2. The molecule has 0 unspecified atom stereocenters. The molecule has 1 amide bonds. The van der Waals surface area contributed by atoms with E-state index in [-0.39, 0.29) is 5.92 Å². The number of carbonyl (C=O) groups is 2. The summed E-state index contributed by atoms with van der Waals surface area (Å²) in [6.45, 7) is 3.33. The van der Waals surface area contributed by atoms with Crippen molar-refractivity contribution < 1.29 is 19.8 Å². The van der Waals surface area contributed by atoms with Gasteiger partial charge in [0.2, 0.25) is 0 Å². The van der Waals surface area contributed by atoms with E-state index < -0.39 is 18.1 Å². The molecule has 0 aliphatic carbocycles. The maximum Gasteiger partial charge on any atom is 0.407 e. The number of carboxylic acids is 1. The monoisotopic (exact) mass is 175 g/mol. The van der Waals surface area contributed by atoms with Crippen LogP contribution in [0.5, 0.6) is 0 Å². The second kappa shape index (κ2) is 3.94. The average molecular weight is 175 g/mol. The molecule has 0 spiro atoms. The van der Waals surface area contributed by atoms with Crippen molar-refractivity contribution in [3.05, 3.63) is 0 Å². The van der Waals surface area contributed by atoms with E-state index in [1.807, 2.05) is 0 Å². The number of nitrogens with zero attached hydrogens (tertiary/aromatic N) is 1. The summed E-state index contributed by atoms with van der Waals surface area (Å²) in [5, 5.41) is 17.2. The van der Waals surface area contributed by atoms with E-state index in [1.54, 1.807) is 13.8 Å². The lowest BCUT2D eigenvalue weighted by molar-refractivity contribution is -0.143. The third kappa shape index (κ3) is 2.41. The van der Waals surface area contributed by atoms with Crippen molar-refractivity contribution in [2.45, 2.75) is 19.9 Å². The molecule has 0 aliphatic rings. The zero-order valence-electron chi connectivity index (χ0n) is 7.31. The Hall–Kier alpha value is -1.26. The van der Waals surface area contributed by atoms with Crippen molar-refractivity contribution in [2.24, 2.45) is 5.92 Å². The van der Waals surface area contributed by atoms with E-state index in [1.165, 1.54) is 7.05 Å². The molecule has 5 nitrogen and oxygen atoms in total. The van der Waals surface area contributed by atoms with Gasteiger partial charge in [0, 0.05) is 7.05 Å². The fourth-order valence-corrected chi connectivity index (χ4v) is 1.02. The van der Waals surface area contributed by atoms with Crippen LogP contribution in [0.3, 0.4) is 0 Å². The van der Waals surface area contributed by atoms with Gasteiger partial charge in [0.25, 0.3) is 0 Å². The predicted octanol–water partition coefficient (Wildman–Crippen LogP) is 0.705. The molecule has 0 heterocycles. The third-order valence-electron chi connectivity index (χ3n) is 1.60. The average Bonchev–Trinajstić information content (AvgIpc) is 1.85. The molecule has 0 saturated heterocycles. The van der Waals surface area contributed by atoms with Gasteiger partial charge in [-0.15, -0.1) is 0 Å². The van der Waals surface area contributed by atoms with Crippen LogP contribution in [0.4, 0.5) is 4.79 Å². The van der Waals surface area contributed by atoms with E-state index in [0.717, 1.165) is 4.90 Å². The van der Waals surface area contributed by atoms with Gasteiger partial charge in [-0.1, -0.05) is 13.8 Å². The highest BCUT2D eigenvalue weighted by Gasteiger charge is 2.28. The molecule has 2 N–H and O–H groups in total. The molecule has 0 radical (unpaired) electrons. The van der Waals surface area contributed by atoms with Crippen LogP contribution in [0.15, 0.2) is 0 Å². The Bertz CT molecular complexity index is 190. The summed E-state index contributed by atoms with van der Waals surface area (Å²) in [7, 11) is 1.25. The van der Waals surface area contributed by atoms with Crippen LogP contribution >= 0.6 is 0 Å². The smallest absolute Gasteiger partial charge is 0.407 e. The van der Waals surface area contributed by atoms with Crippen molar-refractivity contribution in [3.8, 4) is 0 Å². The zero-order chi connectivity index (χ0) is 9.89. The first-order valence-electron chi connectivity index (χ1n) is 3.56. The lowest BCUT2D eigenvalue weighted by atomic mass is 10.0. The summed E-state index contributed by atoms with van der Waals surface area (Å²) < 4.78 is 0. The van der Waals surface area contributed by atoms with E-state index >= 15 is 0 Å². The Balaban J connectivity index is 4.51. The molecule has 0 rings (SSSR count). The molecule has 0 saturated carbocycles. The zero-order valence-corrected chi connectivity index (χ0v) is 7.31. The summed E-state index contributed by atoms with van der Waals surface area (Å²) in [5.74, 6) is -1.35. The summed E-state index contributed by atoms with van der Waals surface area (Å²) in [6, 6.07) is -0.970. The quantitative estimate of drug-likeness (QED) is 0.662. The van der Waals surface area contributed by atoms with Crippen LogP contribution in [0.25, 0.3) is 0 Å². The molecule has 0 fully saturated rings. The molecule has 5 heteroatoms. The molecular formula is C7H13NO4. The summed E-state index contributed by atoms with van der Waals surface area (Å²) >= 11 is 0. The lowest BCUT2D eigenvalue weighted by Crippen LogP contribution is -2.45. The van der Waals surface area contributed by atoms with Gasteiger partial charge >= 0.3 is 12.1 Å². The minimum absolute atomic E-state index is 0.233. The van der Waals surface area contributed by atoms with Gasteiger partial charge in [-0.3, -0.25) is 4.90 Å². The topological polar surface area (TPSA) is 77.8 Å². The number of hydrogen-bond donors (Lipinski definition) is 2. The first-order valence-corrected chi connectivity index (χ1v) is 3.56. The van der Waals surface area contributed by atoms with Crippen LogP contribution in [0.2, 0.25) is 0 Å². The van der Waals surface area contributed by atoms with E-state index in [0.29, 0.717) is 0 Å². The Labute approximate surface area is 70.6 Å². The largest absolute Gasteiger partial charge is 0.480 e. The fraction of sp³-hybridized carbons (Fsp3) is 0.714. The Morgan fingerprint density at radius 3 is 1.75 bits per heavy atom. The van der Waals surface area contributed by atoms with Crippen LogP contribution < -0.4 is 0 Å². The highest BCUT2D eigenvalue weighted by Crippen LogP contribution is 2.09. The van der Waals surface area contributed by atoms with E-state index in [2.05, 4.69) is 0 Å². The Morgan fingerprint density at radius 1 is 1.25 bits per heavy atom. The van der Waals surface area contributed by atoms with Gasteiger partial charge in [-0.2, -0.15) is 0 Å². The number of aliphatic carboxylic acids is 1. The first kappa shape index (κ1) is 10.7. The van der Waals surface area contributed by atoms with Crippen LogP contribution in [0.1, 0.15) is 13.8 Å². The van der Waals surface area contributed by atoms with E-state index in [9.17, 15) is 9.59 Å². The molecule has 0 aromatic rings. The molecule has 1 atom stereocenters. The van der Waals surface area contributed by atoms with Gasteiger partial charge in [0.05, 0.1) is 0 Å². The summed E-state index contributed by atoms with van der Waals surface area (Å²) in [5.41, 5.74) is 0. The highest BCUT2D eigenvalue weighted by atomic mass is 16.4. The van der Waals surface area contributed by atoms with Crippen LogP contribution in [-0.2, 0) is 4.79 Å². The summed E-state index contributed by atoms with van der Waals surface area (Å²) in [4.78, 5) is 21.8. The number of amides is 1. The van der Waals surface area contributed by atoms with Gasteiger partial charge < -0.3 is 10.2 Å². The molecule has 12 heavy (non-hydrogen) atoms. The number of likely N-dealkylation sites (N-methyl/N-ethyl adjacent to an activating group) is 1. The van der Waals surface area contributed by atoms with Crippen LogP contribution in [0, 0.1) is 5.92 Å². The maximum atomic E-state index is 10.6. The minimum Gasteiger partial charge on any atom is -0.480 e. The van der Waals surface area contributed by atoms with Crippen molar-refractivity contribution in [2.75, 3.05) is 7.05 Å². The second-order valence-corrected chi connectivity index (χ2v) is 2.92.